The number of benzene rings is 2. The molecule has 30 heavy (non-hydrogen) atoms. The standard InChI is InChI=1S/C24H26BrNO4/c1-3-28-23(27)11-16-6-4-5-7-22(16)29-14-18-15-30-24-17(10-19(25)12-21(18)24)13-26(2)20-8-9-20/h4-7,10,12,15,20H,3,8-9,11,13-14H2,1-2H3. The van der Waals surface area contributed by atoms with Crippen LogP contribution in [0.1, 0.15) is 36.5 Å². The molecule has 1 saturated carbocycles. The van der Waals surface area contributed by atoms with Gasteiger partial charge >= 0.3 is 5.97 Å². The van der Waals surface area contributed by atoms with Gasteiger partial charge in [0.2, 0.25) is 0 Å². The molecule has 1 aliphatic rings. The van der Waals surface area contributed by atoms with E-state index < -0.39 is 0 Å². The Morgan fingerprint density at radius 3 is 2.77 bits per heavy atom. The van der Waals surface area contributed by atoms with E-state index in [0.29, 0.717) is 25.0 Å². The van der Waals surface area contributed by atoms with Crippen LogP contribution < -0.4 is 4.74 Å². The highest BCUT2D eigenvalue weighted by molar-refractivity contribution is 9.10. The molecule has 0 spiro atoms. The largest absolute Gasteiger partial charge is 0.488 e. The zero-order valence-electron chi connectivity index (χ0n) is 17.3. The van der Waals surface area contributed by atoms with Gasteiger partial charge in [0, 0.05) is 39.1 Å². The van der Waals surface area contributed by atoms with Gasteiger partial charge in [0.15, 0.2) is 0 Å². The van der Waals surface area contributed by atoms with E-state index in [2.05, 4.69) is 40.0 Å². The number of halogens is 1. The molecule has 158 valence electrons. The summed E-state index contributed by atoms with van der Waals surface area (Å²) in [6, 6.07) is 12.5. The number of ether oxygens (including phenoxy) is 2. The number of hydrogen-bond donors (Lipinski definition) is 0. The first-order valence-corrected chi connectivity index (χ1v) is 11.1. The number of fused-ring (bicyclic) bond motifs is 1. The van der Waals surface area contributed by atoms with Crippen molar-refractivity contribution in [3.63, 3.8) is 0 Å². The predicted molar refractivity (Wildman–Crippen MR) is 120 cm³/mol. The van der Waals surface area contributed by atoms with Crippen LogP contribution in [-0.4, -0.2) is 30.6 Å². The molecular weight excluding hydrogens is 446 g/mol. The quantitative estimate of drug-likeness (QED) is 0.387. The van der Waals surface area contributed by atoms with Crippen molar-refractivity contribution in [1.82, 2.24) is 4.90 Å². The molecular formula is C24H26BrNO4. The van der Waals surface area contributed by atoms with Crippen LogP contribution >= 0.6 is 15.9 Å². The lowest BCUT2D eigenvalue weighted by Crippen LogP contribution is -2.20. The van der Waals surface area contributed by atoms with E-state index in [1.165, 1.54) is 18.4 Å². The second kappa shape index (κ2) is 9.23. The lowest BCUT2D eigenvalue weighted by Gasteiger charge is -2.16. The average molecular weight is 472 g/mol. The van der Waals surface area contributed by atoms with Crippen LogP contribution in [0.4, 0.5) is 0 Å². The summed E-state index contributed by atoms with van der Waals surface area (Å²) in [6.45, 7) is 3.40. The summed E-state index contributed by atoms with van der Waals surface area (Å²) >= 11 is 3.64. The van der Waals surface area contributed by atoms with Crippen molar-refractivity contribution >= 4 is 32.9 Å². The first-order valence-electron chi connectivity index (χ1n) is 10.3. The lowest BCUT2D eigenvalue weighted by atomic mass is 10.1. The van der Waals surface area contributed by atoms with E-state index in [9.17, 15) is 4.79 Å². The third-order valence-corrected chi connectivity index (χ3v) is 5.84. The van der Waals surface area contributed by atoms with Gasteiger partial charge in [0.05, 0.1) is 19.3 Å². The number of nitrogens with zero attached hydrogens (tertiary/aromatic N) is 1. The van der Waals surface area contributed by atoms with E-state index in [1.807, 2.05) is 24.3 Å². The summed E-state index contributed by atoms with van der Waals surface area (Å²) in [6.07, 6.45) is 4.51. The maximum Gasteiger partial charge on any atom is 0.310 e. The molecule has 0 atom stereocenters. The highest BCUT2D eigenvalue weighted by Crippen LogP contribution is 2.33. The van der Waals surface area contributed by atoms with Gasteiger partial charge in [-0.05, 0) is 45.0 Å². The molecule has 0 bridgehead atoms. The number of rotatable bonds is 9. The number of carbonyl (C=O) groups is 1. The summed E-state index contributed by atoms with van der Waals surface area (Å²) in [7, 11) is 2.16. The zero-order chi connectivity index (χ0) is 21.1. The van der Waals surface area contributed by atoms with Crippen molar-refractivity contribution in [2.75, 3.05) is 13.7 Å². The van der Waals surface area contributed by atoms with Crippen LogP contribution in [0, 0.1) is 0 Å². The van der Waals surface area contributed by atoms with E-state index in [-0.39, 0.29) is 12.4 Å². The van der Waals surface area contributed by atoms with Gasteiger partial charge in [-0.25, -0.2) is 0 Å². The smallest absolute Gasteiger partial charge is 0.310 e. The van der Waals surface area contributed by atoms with Gasteiger partial charge in [0.25, 0.3) is 0 Å². The Labute approximate surface area is 185 Å². The van der Waals surface area contributed by atoms with Gasteiger partial charge in [-0.15, -0.1) is 0 Å². The summed E-state index contributed by atoms with van der Waals surface area (Å²) in [5.74, 6) is 0.430. The summed E-state index contributed by atoms with van der Waals surface area (Å²) < 4.78 is 18.1. The second-order valence-electron chi connectivity index (χ2n) is 7.73. The van der Waals surface area contributed by atoms with Gasteiger partial charge in [-0.1, -0.05) is 34.1 Å². The third kappa shape index (κ3) is 4.87. The number of carbonyl (C=O) groups excluding carboxylic acids is 1. The highest BCUT2D eigenvalue weighted by Gasteiger charge is 2.27. The summed E-state index contributed by atoms with van der Waals surface area (Å²) in [5.41, 5.74) is 3.87. The summed E-state index contributed by atoms with van der Waals surface area (Å²) in [4.78, 5) is 14.3. The number of furan rings is 1. The zero-order valence-corrected chi connectivity index (χ0v) is 18.9. The molecule has 6 heteroatoms. The van der Waals surface area contributed by atoms with Crippen molar-refractivity contribution in [2.24, 2.45) is 0 Å². The van der Waals surface area contributed by atoms with E-state index in [0.717, 1.165) is 33.1 Å². The summed E-state index contributed by atoms with van der Waals surface area (Å²) in [5, 5.41) is 1.05. The minimum absolute atomic E-state index is 0.194. The fourth-order valence-electron chi connectivity index (χ4n) is 3.68. The molecule has 0 saturated heterocycles. The van der Waals surface area contributed by atoms with Gasteiger partial charge in [-0.3, -0.25) is 9.69 Å². The average Bonchev–Trinajstić information content (AvgIpc) is 3.49. The fourth-order valence-corrected chi connectivity index (χ4v) is 4.18. The second-order valence-corrected chi connectivity index (χ2v) is 8.64. The van der Waals surface area contributed by atoms with Crippen LogP contribution in [-0.2, 0) is 29.1 Å². The van der Waals surface area contributed by atoms with Crippen LogP contribution in [0.25, 0.3) is 11.0 Å². The van der Waals surface area contributed by atoms with Crippen molar-refractivity contribution in [2.45, 2.75) is 45.4 Å². The Morgan fingerprint density at radius 1 is 1.20 bits per heavy atom. The van der Waals surface area contributed by atoms with Crippen LogP contribution in [0.5, 0.6) is 5.75 Å². The molecule has 0 N–H and O–H groups in total. The van der Waals surface area contributed by atoms with Crippen molar-refractivity contribution in [1.29, 1.82) is 0 Å². The van der Waals surface area contributed by atoms with Crippen molar-refractivity contribution < 1.29 is 18.7 Å². The molecule has 1 fully saturated rings. The molecule has 3 aromatic rings. The Hall–Kier alpha value is -2.31. The molecule has 4 rings (SSSR count). The van der Waals surface area contributed by atoms with Gasteiger partial charge < -0.3 is 13.9 Å². The van der Waals surface area contributed by atoms with Crippen LogP contribution in [0.3, 0.4) is 0 Å². The molecule has 1 aliphatic carbocycles. The first kappa shape index (κ1) is 20.9. The number of hydrogen-bond acceptors (Lipinski definition) is 5. The van der Waals surface area contributed by atoms with Crippen molar-refractivity contribution in [3.8, 4) is 5.75 Å². The molecule has 0 unspecified atom stereocenters. The maximum atomic E-state index is 11.9. The minimum Gasteiger partial charge on any atom is -0.488 e. The molecule has 2 aromatic carbocycles. The molecule has 1 aromatic heterocycles. The third-order valence-electron chi connectivity index (χ3n) is 5.38. The Balaban J connectivity index is 1.52. The molecule has 5 nitrogen and oxygen atoms in total. The van der Waals surface area contributed by atoms with Crippen molar-refractivity contribution in [3.05, 3.63) is 63.8 Å². The fraction of sp³-hybridized carbons (Fsp3) is 0.375. The van der Waals surface area contributed by atoms with Gasteiger partial charge in [0.1, 0.15) is 17.9 Å². The molecule has 1 heterocycles. The first-order chi connectivity index (χ1) is 14.5. The SMILES string of the molecule is CCOC(=O)Cc1ccccc1OCc1coc2c(CN(C)C3CC3)cc(Br)cc12. The monoisotopic (exact) mass is 471 g/mol. The van der Waals surface area contributed by atoms with Gasteiger partial charge in [-0.2, -0.15) is 0 Å². The van der Waals surface area contributed by atoms with Crippen LogP contribution in [0.15, 0.2) is 51.6 Å². The number of esters is 1. The van der Waals surface area contributed by atoms with E-state index in [1.54, 1.807) is 13.2 Å². The number of para-hydroxylation sites is 1. The van der Waals surface area contributed by atoms with E-state index in [4.69, 9.17) is 13.9 Å². The molecule has 0 amide bonds. The van der Waals surface area contributed by atoms with Crippen LogP contribution in [0.2, 0.25) is 0 Å². The molecule has 0 aliphatic heterocycles. The Kier molecular flexibility index (Phi) is 6.44. The Morgan fingerprint density at radius 2 is 2.00 bits per heavy atom. The lowest BCUT2D eigenvalue weighted by molar-refractivity contribution is -0.142. The van der Waals surface area contributed by atoms with E-state index >= 15 is 0 Å². The normalized spacial score (nSPS) is 13.7. The highest BCUT2D eigenvalue weighted by atomic mass is 79.9. The minimum atomic E-state index is -0.254. The predicted octanol–water partition coefficient (Wildman–Crippen LogP) is 5.47. The Bertz CT molecular complexity index is 1040. The maximum absolute atomic E-state index is 11.9. The molecule has 0 radical (unpaired) electrons. The topological polar surface area (TPSA) is 51.9 Å².